The average molecular weight is 597 g/mol. The molecule has 0 aliphatic heterocycles. The van der Waals surface area contributed by atoms with Crippen molar-refractivity contribution in [1.82, 2.24) is 0 Å². The number of fused-ring (bicyclic) bond motifs is 1. The van der Waals surface area contributed by atoms with E-state index in [2.05, 4.69) is 78.9 Å². The summed E-state index contributed by atoms with van der Waals surface area (Å²) in [5.74, 6) is 7.06. The fourth-order valence-corrected chi connectivity index (χ4v) is 14.7. The molecule has 0 N–H and O–H groups in total. The standard InChI is InChI=1S/C24H42Si.4CH3.Hf/c1-9-12-20-19(6)24(22-14-11-10-13-21(20)22)25(7,8)23-17(4)15(2)16(3)18(23)5;;;;;/h10-11,13-24H,9,12H2,1-8H3;4*1H3;/q;4*-1;+4. The van der Waals surface area contributed by atoms with Crippen LogP contribution in [0.1, 0.15) is 54.4 Å². The van der Waals surface area contributed by atoms with Gasteiger partial charge in [0.25, 0.3) is 0 Å². The summed E-state index contributed by atoms with van der Waals surface area (Å²) >= 11 is 0. The van der Waals surface area contributed by atoms with Gasteiger partial charge in [0.05, 0.1) is 8.07 Å². The first-order valence-electron chi connectivity index (χ1n) is 11.1. The van der Waals surface area contributed by atoms with Crippen LogP contribution < -0.4 is 0 Å². The molecule has 9 unspecified atom stereocenters. The van der Waals surface area contributed by atoms with E-state index < -0.39 is 8.07 Å². The molecule has 0 heterocycles. The van der Waals surface area contributed by atoms with E-state index in [0.717, 1.165) is 58.4 Å². The molecule has 0 nitrogen and oxygen atoms in total. The SMILES string of the molecule is CCCC1C(C)C([Si](C)(C)C2C(C)C(C)C(C)C2C)C2C=CC=CC21.[CH3-].[CH3-].[CH3-].[CH3-].[Hf+4]. The first kappa shape index (κ1) is 35.2. The largest absolute Gasteiger partial charge is 4.00 e. The smallest absolute Gasteiger partial charge is 0.358 e. The van der Waals surface area contributed by atoms with Crippen molar-refractivity contribution in [3.63, 3.8) is 0 Å². The second-order valence-corrected chi connectivity index (χ2v) is 15.5. The summed E-state index contributed by atoms with van der Waals surface area (Å²) in [6, 6.07) is 0. The van der Waals surface area contributed by atoms with Gasteiger partial charge in [-0.3, -0.25) is 0 Å². The van der Waals surface area contributed by atoms with Crippen LogP contribution in [0.3, 0.4) is 0 Å². The molecule has 174 valence electrons. The van der Waals surface area contributed by atoms with Gasteiger partial charge in [-0.1, -0.05) is 85.4 Å². The van der Waals surface area contributed by atoms with Gasteiger partial charge in [0.2, 0.25) is 0 Å². The van der Waals surface area contributed by atoms with E-state index in [4.69, 9.17) is 0 Å². The van der Waals surface area contributed by atoms with E-state index in [1.54, 1.807) is 0 Å². The minimum absolute atomic E-state index is 0. The quantitative estimate of drug-likeness (QED) is 0.224. The van der Waals surface area contributed by atoms with Gasteiger partial charge < -0.3 is 29.7 Å². The Morgan fingerprint density at radius 3 is 1.50 bits per heavy atom. The zero-order valence-electron chi connectivity index (χ0n) is 22.5. The number of hydrogen-bond donors (Lipinski definition) is 0. The summed E-state index contributed by atoms with van der Waals surface area (Å²) in [7, 11) is -1.37. The predicted molar refractivity (Wildman–Crippen MR) is 140 cm³/mol. The van der Waals surface area contributed by atoms with Gasteiger partial charge in [0, 0.05) is 0 Å². The van der Waals surface area contributed by atoms with E-state index in [0.29, 0.717) is 0 Å². The average Bonchev–Trinajstić information content (AvgIpc) is 2.96. The van der Waals surface area contributed by atoms with Gasteiger partial charge in [-0.2, -0.15) is 0 Å². The maximum absolute atomic E-state index is 2.77. The third-order valence-corrected chi connectivity index (χ3v) is 14.7. The fourth-order valence-electron chi connectivity index (χ4n) is 8.03. The molecule has 0 aromatic carbocycles. The number of allylic oxidation sites excluding steroid dienone is 4. The molecule has 2 heteroatoms. The molecule has 0 radical (unpaired) electrons. The predicted octanol–water partition coefficient (Wildman–Crippen LogP) is 9.22. The molecule has 0 aromatic heterocycles. The molecule has 9 atom stereocenters. The molecule has 2 saturated carbocycles. The Bertz CT molecular complexity index is 523. The Balaban J connectivity index is -0.00000146. The van der Waals surface area contributed by atoms with Crippen LogP contribution in [0.2, 0.25) is 24.2 Å². The molecule has 2 fully saturated rings. The third-order valence-electron chi connectivity index (χ3n) is 9.33. The minimum atomic E-state index is -1.37. The molecule has 0 aromatic rings. The maximum Gasteiger partial charge on any atom is 4.00 e. The maximum atomic E-state index is 2.77. The van der Waals surface area contributed by atoms with Crippen LogP contribution in [0, 0.1) is 77.0 Å². The van der Waals surface area contributed by atoms with Crippen molar-refractivity contribution in [1.29, 1.82) is 0 Å². The van der Waals surface area contributed by atoms with E-state index >= 15 is 0 Å². The minimum Gasteiger partial charge on any atom is -0.358 e. The van der Waals surface area contributed by atoms with Crippen LogP contribution in [0.4, 0.5) is 0 Å². The van der Waals surface area contributed by atoms with Crippen LogP contribution in [0.15, 0.2) is 24.3 Å². The molecule has 0 spiro atoms. The van der Waals surface area contributed by atoms with Crippen LogP contribution in [-0.4, -0.2) is 8.07 Å². The molecular formula is C28H54HfSi. The Hall–Kier alpha value is 0.567. The van der Waals surface area contributed by atoms with E-state index in [1.165, 1.54) is 12.8 Å². The first-order chi connectivity index (χ1) is 11.7. The van der Waals surface area contributed by atoms with Crippen molar-refractivity contribution in [3.05, 3.63) is 54.0 Å². The molecule has 3 aliphatic carbocycles. The number of hydrogen-bond acceptors (Lipinski definition) is 0. The van der Waals surface area contributed by atoms with Crippen LogP contribution in [-0.2, 0) is 25.8 Å². The molecule has 30 heavy (non-hydrogen) atoms. The van der Waals surface area contributed by atoms with E-state index in [-0.39, 0.29) is 55.5 Å². The van der Waals surface area contributed by atoms with Gasteiger partial charge in [0.1, 0.15) is 0 Å². The van der Waals surface area contributed by atoms with Gasteiger partial charge >= 0.3 is 25.8 Å². The van der Waals surface area contributed by atoms with E-state index in [9.17, 15) is 0 Å². The second-order valence-electron chi connectivity index (χ2n) is 10.5. The Morgan fingerprint density at radius 1 is 0.633 bits per heavy atom. The fraction of sp³-hybridized carbons (Fsp3) is 0.714. The summed E-state index contributed by atoms with van der Waals surface area (Å²) in [4.78, 5) is 0. The summed E-state index contributed by atoms with van der Waals surface area (Å²) in [6.07, 6.45) is 12.6. The molecule has 0 amide bonds. The number of rotatable bonds is 4. The van der Waals surface area contributed by atoms with Crippen molar-refractivity contribution in [2.75, 3.05) is 0 Å². The molecule has 0 saturated heterocycles. The van der Waals surface area contributed by atoms with Gasteiger partial charge in [-0.25, -0.2) is 0 Å². The molecule has 3 rings (SSSR count). The molecule has 3 aliphatic rings. The Morgan fingerprint density at radius 2 is 1.07 bits per heavy atom. The summed E-state index contributed by atoms with van der Waals surface area (Å²) in [6.45, 7) is 20.8. The Labute approximate surface area is 213 Å². The van der Waals surface area contributed by atoms with Crippen molar-refractivity contribution in [2.24, 2.45) is 47.3 Å². The molecule has 0 bridgehead atoms. The monoisotopic (exact) mass is 598 g/mol. The van der Waals surface area contributed by atoms with Gasteiger partial charge in [-0.15, -0.1) is 0 Å². The van der Waals surface area contributed by atoms with Crippen molar-refractivity contribution in [3.8, 4) is 0 Å². The van der Waals surface area contributed by atoms with Gasteiger partial charge in [0.15, 0.2) is 0 Å². The summed E-state index contributed by atoms with van der Waals surface area (Å²) < 4.78 is 0. The van der Waals surface area contributed by atoms with Crippen molar-refractivity contribution < 1.29 is 25.8 Å². The van der Waals surface area contributed by atoms with Crippen molar-refractivity contribution >= 4 is 8.07 Å². The Kier molecular flexibility index (Phi) is 15.6. The first-order valence-corrected chi connectivity index (χ1v) is 14.2. The van der Waals surface area contributed by atoms with Crippen molar-refractivity contribution in [2.45, 2.75) is 78.6 Å². The second kappa shape index (κ2) is 13.3. The third kappa shape index (κ3) is 5.55. The summed E-state index contributed by atoms with van der Waals surface area (Å²) in [5.41, 5.74) is 1.95. The zero-order chi connectivity index (χ0) is 18.5. The zero-order valence-corrected chi connectivity index (χ0v) is 27.1. The van der Waals surface area contributed by atoms with Gasteiger partial charge in [-0.05, 0) is 64.8 Å². The topological polar surface area (TPSA) is 0 Å². The van der Waals surface area contributed by atoms with E-state index in [1.807, 2.05) is 0 Å². The van der Waals surface area contributed by atoms with Crippen LogP contribution in [0.5, 0.6) is 0 Å². The van der Waals surface area contributed by atoms with Crippen LogP contribution in [0.25, 0.3) is 0 Å². The summed E-state index contributed by atoms with van der Waals surface area (Å²) in [5, 5.41) is 0. The van der Waals surface area contributed by atoms with Crippen LogP contribution >= 0.6 is 0 Å². The molecular weight excluding hydrogens is 543 g/mol. The normalized spacial score (nSPS) is 41.3.